The molecule has 3 N–H and O–H groups in total. The molecule has 0 atom stereocenters. The van der Waals surface area contributed by atoms with Crippen molar-refractivity contribution in [3.8, 4) is 16.9 Å². The fraction of sp³-hybridized carbons (Fsp3) is 0.0714. The molecule has 0 unspecified atom stereocenters. The van der Waals surface area contributed by atoms with Gasteiger partial charge in [0.05, 0.1) is 17.2 Å². The van der Waals surface area contributed by atoms with Gasteiger partial charge < -0.3 is 15.8 Å². The third-order valence-corrected chi connectivity index (χ3v) is 3.38. The first-order chi connectivity index (χ1) is 9.52. The molecule has 6 heteroatoms. The van der Waals surface area contributed by atoms with Gasteiger partial charge in [0, 0.05) is 16.8 Å². The molecule has 104 valence electrons. The van der Waals surface area contributed by atoms with Gasteiger partial charge in [-0.05, 0) is 30.4 Å². The lowest BCUT2D eigenvalue weighted by molar-refractivity contribution is 0.416. The van der Waals surface area contributed by atoms with E-state index in [9.17, 15) is 0 Å². The summed E-state index contributed by atoms with van der Waals surface area (Å²) in [4.78, 5) is 0. The van der Waals surface area contributed by atoms with E-state index in [-0.39, 0.29) is 5.11 Å². The van der Waals surface area contributed by atoms with E-state index in [1.54, 1.807) is 19.2 Å². The molecule has 0 radical (unpaired) electrons. The number of anilines is 1. The maximum atomic E-state index is 6.32. The number of hydrogen-bond donors (Lipinski definition) is 2. The number of nitrogens with two attached hydrogens (primary N) is 1. The van der Waals surface area contributed by atoms with Crippen LogP contribution in [0.5, 0.6) is 5.75 Å². The van der Waals surface area contributed by atoms with E-state index in [4.69, 9.17) is 45.9 Å². The lowest BCUT2D eigenvalue weighted by Gasteiger charge is -2.13. The molecule has 0 aliphatic carbocycles. The summed E-state index contributed by atoms with van der Waals surface area (Å²) in [5.41, 5.74) is 7.61. The van der Waals surface area contributed by atoms with Gasteiger partial charge in [0.1, 0.15) is 5.75 Å². The lowest BCUT2D eigenvalue weighted by atomic mass is 10.0. The van der Waals surface area contributed by atoms with Crippen LogP contribution in [0.15, 0.2) is 36.4 Å². The van der Waals surface area contributed by atoms with Gasteiger partial charge in [0.25, 0.3) is 0 Å². The highest BCUT2D eigenvalue weighted by atomic mass is 35.5. The summed E-state index contributed by atoms with van der Waals surface area (Å²) in [5, 5.41) is 3.93. The minimum absolute atomic E-state index is 0.155. The first-order valence-corrected chi connectivity index (χ1v) is 6.88. The minimum Gasteiger partial charge on any atom is -0.496 e. The van der Waals surface area contributed by atoms with Crippen molar-refractivity contribution in [1.82, 2.24) is 0 Å². The Morgan fingerprint density at radius 2 is 1.80 bits per heavy atom. The van der Waals surface area contributed by atoms with Gasteiger partial charge in [-0.15, -0.1) is 0 Å². The molecule has 0 saturated carbocycles. The zero-order valence-corrected chi connectivity index (χ0v) is 12.9. The summed E-state index contributed by atoms with van der Waals surface area (Å²) in [6, 6.07) is 11.0. The van der Waals surface area contributed by atoms with Crippen molar-refractivity contribution in [2.24, 2.45) is 5.73 Å². The summed E-state index contributed by atoms with van der Waals surface area (Å²) < 4.78 is 5.33. The Balaban J connectivity index is 2.55. The summed E-state index contributed by atoms with van der Waals surface area (Å²) in [5.74, 6) is 0.700. The summed E-state index contributed by atoms with van der Waals surface area (Å²) >= 11 is 17.4. The zero-order chi connectivity index (χ0) is 14.7. The number of nitrogens with one attached hydrogen (secondary N) is 1. The fourth-order valence-corrected chi connectivity index (χ4v) is 2.70. The van der Waals surface area contributed by atoms with Crippen molar-refractivity contribution < 1.29 is 4.74 Å². The number of halogens is 2. The van der Waals surface area contributed by atoms with Crippen LogP contribution >= 0.6 is 35.4 Å². The summed E-state index contributed by atoms with van der Waals surface area (Å²) in [6.45, 7) is 0. The zero-order valence-electron chi connectivity index (χ0n) is 10.6. The number of methoxy groups -OCH3 is 1. The molecule has 0 spiro atoms. The van der Waals surface area contributed by atoms with Crippen LogP contribution in [-0.4, -0.2) is 12.2 Å². The molecular formula is C14H12Cl2N2OS. The number of thiocarbonyl (C=S) groups is 1. The minimum atomic E-state index is 0.155. The lowest BCUT2D eigenvalue weighted by Crippen LogP contribution is -2.18. The fourth-order valence-electron chi connectivity index (χ4n) is 1.90. The third kappa shape index (κ3) is 3.15. The largest absolute Gasteiger partial charge is 0.496 e. The molecular weight excluding hydrogens is 315 g/mol. The molecule has 0 aliphatic heterocycles. The van der Waals surface area contributed by atoms with E-state index >= 15 is 0 Å². The highest BCUT2D eigenvalue weighted by molar-refractivity contribution is 7.80. The van der Waals surface area contributed by atoms with Gasteiger partial charge in [-0.25, -0.2) is 0 Å². The molecule has 2 rings (SSSR count). The predicted molar refractivity (Wildman–Crippen MR) is 88.9 cm³/mol. The monoisotopic (exact) mass is 326 g/mol. The Morgan fingerprint density at radius 1 is 1.20 bits per heavy atom. The van der Waals surface area contributed by atoms with Gasteiger partial charge in [0.15, 0.2) is 5.11 Å². The Bertz CT molecular complexity index is 638. The molecule has 0 saturated heterocycles. The normalized spacial score (nSPS) is 10.2. The van der Waals surface area contributed by atoms with Gasteiger partial charge in [-0.2, -0.15) is 0 Å². The Morgan fingerprint density at radius 3 is 2.35 bits per heavy atom. The maximum absolute atomic E-state index is 6.32. The number of ether oxygens (including phenoxy) is 1. The van der Waals surface area contributed by atoms with Crippen LogP contribution < -0.4 is 15.8 Å². The standard InChI is InChI=1S/C14H12Cl2N2OS/c1-19-12-5-3-2-4-9(12)13-10(15)6-8(7-11(13)16)18-14(17)20/h2-7H,1H3,(H3,17,18,20). The summed E-state index contributed by atoms with van der Waals surface area (Å²) in [7, 11) is 1.60. The van der Waals surface area contributed by atoms with Crippen LogP contribution in [0.25, 0.3) is 11.1 Å². The molecule has 0 aliphatic rings. The topological polar surface area (TPSA) is 47.3 Å². The van der Waals surface area contributed by atoms with E-state index in [2.05, 4.69) is 5.32 Å². The van der Waals surface area contributed by atoms with E-state index in [1.807, 2.05) is 24.3 Å². The smallest absolute Gasteiger partial charge is 0.168 e. The van der Waals surface area contributed by atoms with Crippen LogP contribution in [-0.2, 0) is 0 Å². The van der Waals surface area contributed by atoms with Gasteiger partial charge in [-0.1, -0.05) is 41.4 Å². The molecule has 0 heterocycles. The van der Waals surface area contributed by atoms with Crippen molar-refractivity contribution in [3.05, 3.63) is 46.4 Å². The molecule has 3 nitrogen and oxygen atoms in total. The summed E-state index contributed by atoms with van der Waals surface area (Å²) in [6.07, 6.45) is 0. The average molecular weight is 327 g/mol. The first-order valence-electron chi connectivity index (χ1n) is 5.72. The van der Waals surface area contributed by atoms with Crippen LogP contribution in [0.4, 0.5) is 5.69 Å². The molecule has 0 aromatic heterocycles. The molecule has 0 fully saturated rings. The molecule has 2 aromatic carbocycles. The van der Waals surface area contributed by atoms with Gasteiger partial charge in [0.2, 0.25) is 0 Å². The van der Waals surface area contributed by atoms with Crippen molar-refractivity contribution in [3.63, 3.8) is 0 Å². The third-order valence-electron chi connectivity index (χ3n) is 2.69. The molecule has 0 bridgehead atoms. The number of rotatable bonds is 3. The highest BCUT2D eigenvalue weighted by Crippen LogP contribution is 2.41. The van der Waals surface area contributed by atoms with Crippen LogP contribution in [0.2, 0.25) is 10.0 Å². The second-order valence-corrected chi connectivity index (χ2v) is 5.26. The number of para-hydroxylation sites is 1. The predicted octanol–water partition coefficient (Wildman–Crippen LogP) is 4.32. The van der Waals surface area contributed by atoms with Crippen molar-refractivity contribution >= 4 is 46.2 Å². The Labute approximate surface area is 132 Å². The molecule has 2 aromatic rings. The molecule has 0 amide bonds. The van der Waals surface area contributed by atoms with Gasteiger partial charge >= 0.3 is 0 Å². The highest BCUT2D eigenvalue weighted by Gasteiger charge is 2.14. The van der Waals surface area contributed by atoms with Crippen molar-refractivity contribution in [1.29, 1.82) is 0 Å². The van der Waals surface area contributed by atoms with E-state index in [0.29, 0.717) is 27.0 Å². The van der Waals surface area contributed by atoms with Crippen LogP contribution in [0.3, 0.4) is 0 Å². The van der Waals surface area contributed by atoms with Crippen LogP contribution in [0, 0.1) is 0 Å². The average Bonchev–Trinajstić information content (AvgIpc) is 2.37. The van der Waals surface area contributed by atoms with E-state index in [0.717, 1.165) is 5.56 Å². The van der Waals surface area contributed by atoms with E-state index in [1.165, 1.54) is 0 Å². The maximum Gasteiger partial charge on any atom is 0.168 e. The van der Waals surface area contributed by atoms with E-state index < -0.39 is 0 Å². The number of benzene rings is 2. The van der Waals surface area contributed by atoms with Crippen molar-refractivity contribution in [2.75, 3.05) is 12.4 Å². The van der Waals surface area contributed by atoms with Gasteiger partial charge in [-0.3, -0.25) is 0 Å². The Hall–Kier alpha value is -1.49. The second kappa shape index (κ2) is 6.31. The first kappa shape index (κ1) is 14.9. The Kier molecular flexibility index (Phi) is 4.70. The van der Waals surface area contributed by atoms with Crippen LogP contribution in [0.1, 0.15) is 0 Å². The second-order valence-electron chi connectivity index (χ2n) is 4.00. The SMILES string of the molecule is COc1ccccc1-c1c(Cl)cc(NC(N)=S)cc1Cl. The molecule has 20 heavy (non-hydrogen) atoms. The van der Waals surface area contributed by atoms with Crippen molar-refractivity contribution in [2.45, 2.75) is 0 Å². The number of hydrogen-bond acceptors (Lipinski definition) is 2. The quantitative estimate of drug-likeness (QED) is 0.824.